The van der Waals surface area contributed by atoms with Gasteiger partial charge in [0.15, 0.2) is 0 Å². The lowest BCUT2D eigenvalue weighted by atomic mass is 10.1. The first-order valence-electron chi connectivity index (χ1n) is 9.56. The van der Waals surface area contributed by atoms with Crippen molar-refractivity contribution in [3.63, 3.8) is 0 Å². The first-order chi connectivity index (χ1) is 14.0. The predicted molar refractivity (Wildman–Crippen MR) is 110 cm³/mol. The number of nitrogens with one attached hydrogen (secondary N) is 1. The molecule has 0 aliphatic carbocycles. The van der Waals surface area contributed by atoms with E-state index in [1.54, 1.807) is 18.6 Å². The van der Waals surface area contributed by atoms with Crippen LogP contribution in [0.25, 0.3) is 11.0 Å². The van der Waals surface area contributed by atoms with Gasteiger partial charge in [0.25, 0.3) is 0 Å². The third-order valence-corrected chi connectivity index (χ3v) is 5.60. The summed E-state index contributed by atoms with van der Waals surface area (Å²) in [7, 11) is -3.19. The Morgan fingerprint density at radius 3 is 2.76 bits per heavy atom. The molecule has 3 aromatic heterocycles. The quantitative estimate of drug-likeness (QED) is 0.583. The number of fused-ring (bicyclic) bond motifs is 1. The summed E-state index contributed by atoms with van der Waals surface area (Å²) >= 11 is 0. The van der Waals surface area contributed by atoms with Crippen LogP contribution in [0.1, 0.15) is 12.8 Å². The van der Waals surface area contributed by atoms with Crippen LogP contribution in [-0.2, 0) is 21.2 Å². The number of hydrogen-bond acceptors (Lipinski definition) is 7. The van der Waals surface area contributed by atoms with Crippen LogP contribution in [0.3, 0.4) is 0 Å². The van der Waals surface area contributed by atoms with Crippen LogP contribution in [0, 0.1) is 0 Å². The van der Waals surface area contributed by atoms with Crippen molar-refractivity contribution in [1.29, 1.82) is 0 Å². The molecule has 4 rings (SSSR count). The Hall–Kier alpha value is -2.56. The molecule has 1 fully saturated rings. The minimum Gasteiger partial charge on any atom is -0.598 e. The Morgan fingerprint density at radius 1 is 1.28 bits per heavy atom. The van der Waals surface area contributed by atoms with Crippen molar-refractivity contribution in [1.82, 2.24) is 24.2 Å². The molecule has 0 spiro atoms. The van der Waals surface area contributed by atoms with Crippen molar-refractivity contribution < 1.29 is 13.5 Å². The van der Waals surface area contributed by atoms with Gasteiger partial charge in [-0.3, -0.25) is 0 Å². The smallest absolute Gasteiger partial charge is 0.225 e. The number of pyridine rings is 1. The van der Waals surface area contributed by atoms with E-state index in [0.29, 0.717) is 13.1 Å². The third kappa shape index (κ3) is 5.08. The Balaban J connectivity index is 1.34. The maximum Gasteiger partial charge on any atom is 0.225 e. The molecule has 0 aromatic carbocycles. The van der Waals surface area contributed by atoms with E-state index in [2.05, 4.69) is 24.6 Å². The largest absolute Gasteiger partial charge is 0.598 e. The van der Waals surface area contributed by atoms with E-state index in [1.807, 2.05) is 29.0 Å². The van der Waals surface area contributed by atoms with Crippen LogP contribution in [0.5, 0.6) is 5.75 Å². The summed E-state index contributed by atoms with van der Waals surface area (Å²) in [5, 5.41) is 0.969. The highest BCUT2D eigenvalue weighted by Gasteiger charge is 2.22. The predicted octanol–water partition coefficient (Wildman–Crippen LogP) is 1.64. The molecule has 0 bridgehead atoms. The van der Waals surface area contributed by atoms with Crippen LogP contribution < -0.4 is 14.4 Å². The second-order valence-electron chi connectivity index (χ2n) is 7.11. The molecule has 1 atom stereocenters. The van der Waals surface area contributed by atoms with E-state index in [-0.39, 0.29) is 6.10 Å². The van der Waals surface area contributed by atoms with Gasteiger partial charge in [0, 0.05) is 56.5 Å². The fraction of sp³-hybridized carbons (Fsp3) is 0.421. The summed E-state index contributed by atoms with van der Waals surface area (Å²) in [6.45, 7) is 2.55. The highest BCUT2D eigenvalue weighted by molar-refractivity contribution is 7.95. The maximum atomic E-state index is 11.2. The SMILES string of the molecule is C[S+](=O)([O-])NCCn1ccc2cc(OC3CCN(c4ncccn4)CC3)cnc21. The zero-order chi connectivity index (χ0) is 20.3. The number of piperidine rings is 1. The van der Waals surface area contributed by atoms with Crippen LogP contribution in [0.4, 0.5) is 5.95 Å². The molecule has 1 aliphatic rings. The van der Waals surface area contributed by atoms with Gasteiger partial charge in [-0.1, -0.05) is 4.21 Å². The van der Waals surface area contributed by atoms with Crippen molar-refractivity contribution in [3.05, 3.63) is 43.0 Å². The zero-order valence-electron chi connectivity index (χ0n) is 16.2. The van der Waals surface area contributed by atoms with E-state index in [4.69, 9.17) is 4.74 Å². The van der Waals surface area contributed by atoms with Gasteiger partial charge in [0.05, 0.1) is 12.7 Å². The zero-order valence-corrected chi connectivity index (χ0v) is 17.0. The average molecular weight is 417 g/mol. The highest BCUT2D eigenvalue weighted by atomic mass is 32.3. The summed E-state index contributed by atoms with van der Waals surface area (Å²) < 4.78 is 33.0. The van der Waals surface area contributed by atoms with Crippen molar-refractivity contribution in [2.24, 2.45) is 0 Å². The lowest BCUT2D eigenvalue weighted by molar-refractivity contribution is 0.170. The lowest BCUT2D eigenvalue weighted by Gasteiger charge is -2.32. The molecule has 0 amide bonds. The van der Waals surface area contributed by atoms with Crippen LogP contribution in [-0.4, -0.2) is 56.1 Å². The van der Waals surface area contributed by atoms with Gasteiger partial charge in [-0.15, -0.1) is 4.72 Å². The number of ether oxygens (including phenoxy) is 1. The molecule has 4 heterocycles. The van der Waals surface area contributed by atoms with E-state index < -0.39 is 10.4 Å². The van der Waals surface area contributed by atoms with Gasteiger partial charge in [-0.2, -0.15) is 0 Å². The van der Waals surface area contributed by atoms with E-state index in [9.17, 15) is 8.76 Å². The van der Waals surface area contributed by atoms with Gasteiger partial charge in [0.2, 0.25) is 5.95 Å². The minimum absolute atomic E-state index is 0.134. The van der Waals surface area contributed by atoms with Crippen molar-refractivity contribution in [3.8, 4) is 5.75 Å². The molecule has 10 heteroatoms. The molecular weight excluding hydrogens is 392 g/mol. The van der Waals surface area contributed by atoms with E-state index in [1.165, 1.54) is 0 Å². The fourth-order valence-electron chi connectivity index (χ4n) is 3.47. The first-order valence-corrected chi connectivity index (χ1v) is 11.5. The Labute approximate surface area is 170 Å². The number of sulfonamides is 1. The highest BCUT2D eigenvalue weighted by Crippen LogP contribution is 2.24. The van der Waals surface area contributed by atoms with Crippen LogP contribution in [0.2, 0.25) is 0 Å². The molecule has 0 radical (unpaired) electrons. The third-order valence-electron chi connectivity index (χ3n) is 4.87. The molecular formula is C19H24N6O3S. The normalized spacial score (nSPS) is 17.4. The Morgan fingerprint density at radius 2 is 2.03 bits per heavy atom. The molecule has 3 aromatic rings. The van der Waals surface area contributed by atoms with Gasteiger partial charge >= 0.3 is 0 Å². The molecule has 1 saturated heterocycles. The number of nitrogens with zero attached hydrogens (tertiary/aromatic N) is 5. The summed E-state index contributed by atoms with van der Waals surface area (Å²) in [6, 6.07) is 5.76. The van der Waals surface area contributed by atoms with Gasteiger partial charge in [0.1, 0.15) is 34.2 Å². The monoisotopic (exact) mass is 416 g/mol. The number of aromatic nitrogens is 4. The van der Waals surface area contributed by atoms with Gasteiger partial charge < -0.3 is 18.8 Å². The second-order valence-corrected chi connectivity index (χ2v) is 8.95. The maximum absolute atomic E-state index is 11.2. The van der Waals surface area contributed by atoms with E-state index >= 15 is 0 Å². The molecule has 1 aliphatic heterocycles. The first kappa shape index (κ1) is 19.7. The molecule has 29 heavy (non-hydrogen) atoms. The standard InChI is InChI=1S/C19H24N6O3S/c1-29(26,27)23-8-12-24-9-3-15-13-17(14-22-18(15)24)28-16-4-10-25(11-5-16)19-20-6-2-7-21-19/h2-3,6-7,9,13-14,16H,4-5,8,10-12H2,1H3,(H-,23,26,27). The summed E-state index contributed by atoms with van der Waals surface area (Å²) in [6.07, 6.45) is 10.2. The average Bonchev–Trinajstić information content (AvgIpc) is 3.11. The molecule has 0 saturated carbocycles. The van der Waals surface area contributed by atoms with Crippen molar-refractivity contribution >= 4 is 27.4 Å². The van der Waals surface area contributed by atoms with Crippen molar-refractivity contribution in [2.75, 3.05) is 30.8 Å². The molecule has 1 unspecified atom stereocenters. The summed E-state index contributed by atoms with van der Waals surface area (Å²) in [5.41, 5.74) is 0.809. The Bertz CT molecular complexity index is 998. The fourth-order valence-corrected chi connectivity index (χ4v) is 3.94. The van der Waals surface area contributed by atoms with Gasteiger partial charge in [-0.25, -0.2) is 15.0 Å². The van der Waals surface area contributed by atoms with Crippen LogP contribution >= 0.6 is 0 Å². The molecule has 1 N–H and O–H groups in total. The van der Waals surface area contributed by atoms with Crippen molar-refractivity contribution in [2.45, 2.75) is 25.5 Å². The molecule has 9 nitrogen and oxygen atoms in total. The van der Waals surface area contributed by atoms with E-state index in [0.717, 1.165) is 54.9 Å². The number of hydrogen-bond donors (Lipinski definition) is 1. The number of anilines is 1. The lowest BCUT2D eigenvalue weighted by Crippen LogP contribution is -2.39. The summed E-state index contributed by atoms with van der Waals surface area (Å²) in [4.78, 5) is 15.3. The topological polar surface area (TPSA) is 108 Å². The molecule has 154 valence electrons. The van der Waals surface area contributed by atoms with Gasteiger partial charge in [-0.05, 0) is 18.2 Å². The van der Waals surface area contributed by atoms with Crippen LogP contribution in [0.15, 0.2) is 43.0 Å². The summed E-state index contributed by atoms with van der Waals surface area (Å²) in [5.74, 6) is 1.51. The second kappa shape index (κ2) is 8.44. The minimum atomic E-state index is -3.19. The Kier molecular flexibility index (Phi) is 5.74. The number of rotatable bonds is 7.